The molecule has 186 valence electrons. The minimum atomic E-state index is 0.0914. The van der Waals surface area contributed by atoms with Gasteiger partial charge in [-0.25, -0.2) is 0 Å². The van der Waals surface area contributed by atoms with Gasteiger partial charge in [-0.1, -0.05) is 109 Å². The molecule has 7 aromatic carbocycles. The van der Waals surface area contributed by atoms with E-state index in [1.807, 2.05) is 0 Å². The SMILES string of the molecule is c1cc2c3c(c1)-n1c4ccc5ccccc5c4c4c5ccccc5cc(c41)B3n1c3ccccc3c3cccc-2c31. The molecule has 0 atom stereocenters. The van der Waals surface area contributed by atoms with Crippen molar-refractivity contribution in [3.05, 3.63) is 127 Å². The number of hydrogen-bond acceptors (Lipinski definition) is 0. The highest BCUT2D eigenvalue weighted by Gasteiger charge is 2.41. The van der Waals surface area contributed by atoms with Crippen LogP contribution in [0.2, 0.25) is 0 Å². The van der Waals surface area contributed by atoms with E-state index in [1.165, 1.54) is 92.9 Å². The molecule has 0 saturated carbocycles. The van der Waals surface area contributed by atoms with Crippen LogP contribution in [0.5, 0.6) is 0 Å². The van der Waals surface area contributed by atoms with Crippen molar-refractivity contribution in [2.45, 2.75) is 0 Å². The lowest BCUT2D eigenvalue weighted by Crippen LogP contribution is -2.55. The van der Waals surface area contributed by atoms with E-state index in [0.29, 0.717) is 0 Å². The van der Waals surface area contributed by atoms with Crippen LogP contribution in [-0.4, -0.2) is 15.9 Å². The average molecular weight is 516 g/mol. The van der Waals surface area contributed by atoms with Gasteiger partial charge < -0.3 is 9.05 Å². The van der Waals surface area contributed by atoms with Crippen molar-refractivity contribution in [1.29, 1.82) is 0 Å². The molecule has 9 aromatic rings. The summed E-state index contributed by atoms with van der Waals surface area (Å²) in [6.07, 6.45) is 0. The Kier molecular flexibility index (Phi) is 3.46. The van der Waals surface area contributed by atoms with E-state index in [4.69, 9.17) is 0 Å². The van der Waals surface area contributed by atoms with Crippen molar-refractivity contribution in [3.8, 4) is 16.8 Å². The van der Waals surface area contributed by atoms with Crippen LogP contribution >= 0.6 is 0 Å². The highest BCUT2D eigenvalue weighted by molar-refractivity contribution is 6.90. The van der Waals surface area contributed by atoms with Crippen LogP contribution in [0, 0.1) is 0 Å². The van der Waals surface area contributed by atoms with Crippen LogP contribution < -0.4 is 10.9 Å². The number of rotatable bonds is 0. The second-order valence-corrected chi connectivity index (χ2v) is 11.7. The van der Waals surface area contributed by atoms with Crippen molar-refractivity contribution in [2.24, 2.45) is 0 Å². The van der Waals surface area contributed by atoms with Crippen LogP contribution in [0.1, 0.15) is 0 Å². The van der Waals surface area contributed by atoms with Crippen LogP contribution in [0.3, 0.4) is 0 Å². The molecule has 41 heavy (non-hydrogen) atoms. The Morgan fingerprint density at radius 3 is 2.07 bits per heavy atom. The van der Waals surface area contributed by atoms with Gasteiger partial charge in [-0.3, -0.25) is 0 Å². The predicted octanol–water partition coefficient (Wildman–Crippen LogP) is 8.15. The average Bonchev–Trinajstić information content (AvgIpc) is 3.56. The normalized spacial score (nSPS) is 13.3. The van der Waals surface area contributed by atoms with Crippen LogP contribution in [-0.2, 0) is 0 Å². The van der Waals surface area contributed by atoms with Gasteiger partial charge in [0, 0.05) is 43.8 Å². The van der Waals surface area contributed by atoms with Crippen LogP contribution in [0.15, 0.2) is 127 Å². The van der Waals surface area contributed by atoms with Crippen molar-refractivity contribution < 1.29 is 0 Å². The van der Waals surface area contributed by atoms with E-state index >= 15 is 0 Å². The highest BCUT2D eigenvalue weighted by Crippen LogP contribution is 2.45. The smallest absolute Gasteiger partial charge is 0.333 e. The molecule has 0 amide bonds. The molecule has 2 aliphatic rings. The zero-order valence-electron chi connectivity index (χ0n) is 22.1. The molecule has 0 unspecified atom stereocenters. The monoisotopic (exact) mass is 516 g/mol. The van der Waals surface area contributed by atoms with E-state index < -0.39 is 0 Å². The summed E-state index contributed by atoms with van der Waals surface area (Å²) in [5.41, 5.74) is 12.0. The number of nitrogens with zero attached hydrogens (tertiary/aromatic N) is 2. The lowest BCUT2D eigenvalue weighted by molar-refractivity contribution is 1.18. The molecule has 0 saturated heterocycles. The summed E-state index contributed by atoms with van der Waals surface area (Å²) in [5.74, 6) is 0. The molecule has 2 aromatic heterocycles. The van der Waals surface area contributed by atoms with Crippen LogP contribution in [0.4, 0.5) is 0 Å². The molecule has 3 heteroatoms. The molecule has 0 N–H and O–H groups in total. The van der Waals surface area contributed by atoms with E-state index in [1.54, 1.807) is 0 Å². The highest BCUT2D eigenvalue weighted by atomic mass is 15.0. The van der Waals surface area contributed by atoms with Crippen molar-refractivity contribution in [1.82, 2.24) is 9.05 Å². The maximum atomic E-state index is 2.65. The number of hydrogen-bond donors (Lipinski definition) is 0. The second kappa shape index (κ2) is 6.89. The maximum Gasteiger partial charge on any atom is 0.333 e. The number of benzene rings is 7. The summed E-state index contributed by atoms with van der Waals surface area (Å²) in [7, 11) is 0. The first-order chi connectivity index (χ1) is 20.4. The van der Waals surface area contributed by atoms with Crippen LogP contribution in [0.25, 0.3) is 82.0 Å². The Morgan fingerprint density at radius 1 is 0.463 bits per heavy atom. The van der Waals surface area contributed by atoms with Gasteiger partial charge in [-0.2, -0.15) is 0 Å². The Morgan fingerprint density at radius 2 is 1.17 bits per heavy atom. The number of fused-ring (bicyclic) bond motifs is 14. The first-order valence-electron chi connectivity index (χ1n) is 14.4. The number of aromatic nitrogens is 2. The van der Waals surface area contributed by atoms with Crippen molar-refractivity contribution in [2.75, 3.05) is 0 Å². The minimum Gasteiger partial charge on any atom is -0.375 e. The fraction of sp³-hybridized carbons (Fsp3) is 0. The Balaban J connectivity index is 1.47. The van der Waals surface area contributed by atoms with E-state index in [9.17, 15) is 0 Å². The van der Waals surface area contributed by atoms with Gasteiger partial charge in [0.25, 0.3) is 0 Å². The van der Waals surface area contributed by atoms with Gasteiger partial charge in [0.2, 0.25) is 0 Å². The molecule has 2 nitrogen and oxygen atoms in total. The van der Waals surface area contributed by atoms with Gasteiger partial charge in [0.15, 0.2) is 0 Å². The summed E-state index contributed by atoms with van der Waals surface area (Å²) in [6, 6.07) is 47.7. The van der Waals surface area contributed by atoms with Gasteiger partial charge in [-0.05, 0) is 56.2 Å². The molecule has 2 aliphatic heterocycles. The van der Waals surface area contributed by atoms with Gasteiger partial charge >= 0.3 is 6.85 Å². The molecule has 0 aliphatic carbocycles. The zero-order chi connectivity index (χ0) is 26.4. The van der Waals surface area contributed by atoms with E-state index in [0.717, 1.165) is 0 Å². The largest absolute Gasteiger partial charge is 0.375 e. The summed E-state index contributed by atoms with van der Waals surface area (Å²) < 4.78 is 5.22. The van der Waals surface area contributed by atoms with E-state index in [-0.39, 0.29) is 6.85 Å². The number of para-hydroxylation sites is 2. The maximum absolute atomic E-state index is 2.65. The molecular weight excluding hydrogens is 495 g/mol. The summed E-state index contributed by atoms with van der Waals surface area (Å²) in [6.45, 7) is 0.0914. The van der Waals surface area contributed by atoms with Gasteiger partial charge in [-0.15, -0.1) is 0 Å². The summed E-state index contributed by atoms with van der Waals surface area (Å²) >= 11 is 0. The lowest BCUT2D eigenvalue weighted by atomic mass is 9.45. The topological polar surface area (TPSA) is 9.86 Å². The Bertz CT molecular complexity index is 2650. The first-order valence-corrected chi connectivity index (χ1v) is 14.4. The molecule has 0 spiro atoms. The second-order valence-electron chi connectivity index (χ2n) is 11.7. The molecule has 11 rings (SSSR count). The quantitative estimate of drug-likeness (QED) is 0.180. The molecule has 4 heterocycles. The summed E-state index contributed by atoms with van der Waals surface area (Å²) in [4.78, 5) is 0. The fourth-order valence-electron chi connectivity index (χ4n) is 8.37. The third-order valence-corrected chi connectivity index (χ3v) is 9.84. The fourth-order valence-corrected chi connectivity index (χ4v) is 8.37. The third-order valence-electron chi connectivity index (χ3n) is 9.84. The van der Waals surface area contributed by atoms with Crippen molar-refractivity contribution in [3.63, 3.8) is 0 Å². The Labute approximate surface area is 235 Å². The third kappa shape index (κ3) is 2.24. The molecule has 0 fully saturated rings. The standard InChI is InChI=1S/C38H21BN2/c1-3-11-24-22(9-1)19-20-32-34(24)35-25-12-4-2-10-23(25)21-30-38(35)40(32)33-18-8-14-27-29-16-7-15-28-26-13-5-6-17-31(26)41(37(28)29)39(30)36(27)33/h1-21H. The molecule has 0 radical (unpaired) electrons. The zero-order valence-corrected chi connectivity index (χ0v) is 22.1. The minimum absolute atomic E-state index is 0.0914. The van der Waals surface area contributed by atoms with E-state index in [2.05, 4.69) is 136 Å². The molecule has 0 bridgehead atoms. The summed E-state index contributed by atoms with van der Waals surface area (Å²) in [5, 5.41) is 10.6. The first kappa shape index (κ1) is 20.6. The predicted molar refractivity (Wildman–Crippen MR) is 175 cm³/mol. The van der Waals surface area contributed by atoms with Crippen molar-refractivity contribution >= 4 is 82.9 Å². The Hall–Kier alpha value is -5.28. The lowest BCUT2D eigenvalue weighted by Gasteiger charge is -2.34. The van der Waals surface area contributed by atoms with Gasteiger partial charge in [0.05, 0.1) is 11.0 Å². The van der Waals surface area contributed by atoms with Gasteiger partial charge in [0.1, 0.15) is 0 Å². The molecular formula is C38H21BN2.